The molecule has 194 valence electrons. The normalized spacial score (nSPS) is 16.4. The number of piperidine rings is 2. The van der Waals surface area contributed by atoms with E-state index < -0.39 is 4.92 Å². The number of hydrogen-bond acceptors (Lipinski definition) is 10. The maximum absolute atomic E-state index is 11.5. The van der Waals surface area contributed by atoms with Crippen molar-refractivity contribution in [3.05, 3.63) is 51.8 Å². The fourth-order valence-electron chi connectivity index (χ4n) is 4.72. The van der Waals surface area contributed by atoms with E-state index in [1.54, 1.807) is 42.5 Å². The maximum atomic E-state index is 11.5. The third-order valence-corrected chi connectivity index (χ3v) is 6.77. The fourth-order valence-corrected chi connectivity index (χ4v) is 4.72. The number of nitro groups is 1. The van der Waals surface area contributed by atoms with Crippen molar-refractivity contribution >= 4 is 29.7 Å². The highest BCUT2D eigenvalue weighted by Gasteiger charge is 2.22. The van der Waals surface area contributed by atoms with E-state index in [2.05, 4.69) is 14.9 Å². The summed E-state index contributed by atoms with van der Waals surface area (Å²) in [5.74, 6) is 2.74. The van der Waals surface area contributed by atoms with Crippen LogP contribution in [0.1, 0.15) is 49.8 Å². The molecule has 37 heavy (non-hydrogen) atoms. The molecule has 0 saturated carbocycles. The van der Waals surface area contributed by atoms with Gasteiger partial charge < -0.3 is 14.2 Å². The number of furan rings is 1. The maximum Gasteiger partial charge on any atom is 0.280 e. The van der Waals surface area contributed by atoms with E-state index in [4.69, 9.17) is 19.4 Å². The van der Waals surface area contributed by atoms with E-state index in [1.165, 1.54) is 12.8 Å². The second kappa shape index (κ2) is 10.9. The zero-order valence-corrected chi connectivity index (χ0v) is 21.3. The number of nitro benzene ring substituents is 1. The number of hydrogen-bond donors (Lipinski definition) is 0. The smallest absolute Gasteiger partial charge is 0.280 e. The molecule has 0 unspecified atom stereocenters. The van der Waals surface area contributed by atoms with Crippen molar-refractivity contribution in [2.75, 3.05) is 48.0 Å². The minimum Gasteiger partial charge on any atom is -0.455 e. The van der Waals surface area contributed by atoms with E-state index in [1.807, 2.05) is 13.0 Å². The molecule has 2 fully saturated rings. The molecule has 0 bridgehead atoms. The van der Waals surface area contributed by atoms with Gasteiger partial charge in [-0.3, -0.25) is 10.1 Å². The Hall–Kier alpha value is -4.02. The molecular formula is C26H32N8O3. The zero-order valence-electron chi connectivity index (χ0n) is 21.3. The summed E-state index contributed by atoms with van der Waals surface area (Å²) in [5.41, 5.74) is 1.25. The zero-order chi connectivity index (χ0) is 25.8. The van der Waals surface area contributed by atoms with Gasteiger partial charge >= 0.3 is 0 Å². The van der Waals surface area contributed by atoms with Crippen LogP contribution in [0.3, 0.4) is 0 Å². The Bertz CT molecular complexity index is 1240. The lowest BCUT2D eigenvalue weighted by Gasteiger charge is -2.30. The van der Waals surface area contributed by atoms with Crippen LogP contribution in [0.5, 0.6) is 0 Å². The summed E-state index contributed by atoms with van der Waals surface area (Å²) in [5, 5.41) is 17.6. The van der Waals surface area contributed by atoms with E-state index in [0.717, 1.165) is 57.4 Å². The molecule has 11 nitrogen and oxygen atoms in total. The van der Waals surface area contributed by atoms with Crippen molar-refractivity contribution in [2.24, 2.45) is 5.10 Å². The van der Waals surface area contributed by atoms with Gasteiger partial charge in [-0.1, -0.05) is 6.07 Å². The van der Waals surface area contributed by atoms with Gasteiger partial charge in [-0.05, 0) is 69.2 Å². The molecule has 11 heteroatoms. The van der Waals surface area contributed by atoms with Crippen LogP contribution in [-0.2, 0) is 0 Å². The summed E-state index contributed by atoms with van der Waals surface area (Å²) in [6.07, 6.45) is 8.56. The Labute approximate surface area is 216 Å². The van der Waals surface area contributed by atoms with Gasteiger partial charge in [-0.2, -0.15) is 20.1 Å². The van der Waals surface area contributed by atoms with E-state index in [0.29, 0.717) is 34.9 Å². The molecule has 2 aromatic heterocycles. The monoisotopic (exact) mass is 504 g/mol. The van der Waals surface area contributed by atoms with Gasteiger partial charge in [0.1, 0.15) is 11.5 Å². The minimum atomic E-state index is -0.396. The molecular weight excluding hydrogens is 472 g/mol. The average molecular weight is 505 g/mol. The Balaban J connectivity index is 1.39. The number of rotatable bonds is 7. The first-order valence-electron chi connectivity index (χ1n) is 12.9. The van der Waals surface area contributed by atoms with Crippen molar-refractivity contribution in [1.82, 2.24) is 15.0 Å². The Morgan fingerprint density at radius 3 is 2.16 bits per heavy atom. The first kappa shape index (κ1) is 24.7. The number of hydrazone groups is 1. The fraction of sp³-hybridized carbons (Fsp3) is 0.462. The van der Waals surface area contributed by atoms with Gasteiger partial charge in [0.25, 0.3) is 11.6 Å². The molecule has 0 atom stereocenters. The molecule has 0 radical (unpaired) electrons. The first-order valence-corrected chi connectivity index (χ1v) is 12.9. The summed E-state index contributed by atoms with van der Waals surface area (Å²) in [7, 11) is 1.79. The summed E-state index contributed by atoms with van der Waals surface area (Å²) in [6.45, 7) is 5.58. The highest BCUT2D eigenvalue weighted by molar-refractivity contribution is 5.79. The van der Waals surface area contributed by atoms with Crippen LogP contribution in [0.4, 0.5) is 23.5 Å². The van der Waals surface area contributed by atoms with Crippen molar-refractivity contribution < 1.29 is 9.34 Å². The molecule has 0 amide bonds. The Morgan fingerprint density at radius 2 is 1.57 bits per heavy atom. The molecule has 2 aliphatic heterocycles. The standard InChI is InChI=1S/C26H32N8O3/c1-19-9-11-21(22(17-19)34(35)36)23-12-10-20(37-23)18-27-31(2)24-28-25(32-13-5-3-6-14-32)30-26(29-24)33-15-7-4-8-16-33/h9-12,17-18H,3-8,13-16H2,1-2H3/b27-18-. The molecule has 5 rings (SSSR count). The predicted molar refractivity (Wildman–Crippen MR) is 143 cm³/mol. The second-order valence-corrected chi connectivity index (χ2v) is 9.58. The number of aromatic nitrogens is 3. The van der Waals surface area contributed by atoms with Gasteiger partial charge in [0.2, 0.25) is 11.9 Å². The lowest BCUT2D eigenvalue weighted by atomic mass is 10.1. The lowest BCUT2D eigenvalue weighted by molar-refractivity contribution is -0.384. The minimum absolute atomic E-state index is 0.00984. The van der Waals surface area contributed by atoms with Gasteiger partial charge in [0, 0.05) is 39.3 Å². The van der Waals surface area contributed by atoms with Gasteiger partial charge in [-0.15, -0.1) is 0 Å². The highest BCUT2D eigenvalue weighted by Crippen LogP contribution is 2.32. The Morgan fingerprint density at radius 1 is 0.946 bits per heavy atom. The van der Waals surface area contributed by atoms with Gasteiger partial charge in [-0.25, -0.2) is 5.01 Å². The third-order valence-electron chi connectivity index (χ3n) is 6.77. The molecule has 0 N–H and O–H groups in total. The first-order chi connectivity index (χ1) is 18.0. The van der Waals surface area contributed by atoms with Crippen LogP contribution >= 0.6 is 0 Å². The summed E-state index contributed by atoms with van der Waals surface area (Å²) < 4.78 is 5.87. The van der Waals surface area contributed by atoms with Crippen LogP contribution < -0.4 is 14.8 Å². The number of aryl methyl sites for hydroxylation is 1. The van der Waals surface area contributed by atoms with E-state index in [9.17, 15) is 10.1 Å². The second-order valence-electron chi connectivity index (χ2n) is 9.58. The van der Waals surface area contributed by atoms with Gasteiger partial charge in [0.15, 0.2) is 0 Å². The van der Waals surface area contributed by atoms with E-state index in [-0.39, 0.29) is 5.69 Å². The van der Waals surface area contributed by atoms with Crippen LogP contribution in [0.25, 0.3) is 11.3 Å². The molecule has 0 spiro atoms. The molecule has 3 aromatic rings. The van der Waals surface area contributed by atoms with Crippen molar-refractivity contribution in [2.45, 2.75) is 45.4 Å². The molecule has 1 aromatic carbocycles. The van der Waals surface area contributed by atoms with Crippen molar-refractivity contribution in [1.29, 1.82) is 0 Å². The lowest BCUT2D eigenvalue weighted by Crippen LogP contribution is -2.35. The number of anilines is 3. The summed E-state index contributed by atoms with van der Waals surface area (Å²) in [6, 6.07) is 8.52. The van der Waals surface area contributed by atoms with Crippen molar-refractivity contribution in [3.63, 3.8) is 0 Å². The molecule has 4 heterocycles. The number of nitrogens with zero attached hydrogens (tertiary/aromatic N) is 8. The molecule has 2 aliphatic rings. The summed E-state index contributed by atoms with van der Waals surface area (Å²) >= 11 is 0. The largest absolute Gasteiger partial charge is 0.455 e. The van der Waals surface area contributed by atoms with Crippen LogP contribution in [-0.4, -0.2) is 59.3 Å². The van der Waals surface area contributed by atoms with Crippen LogP contribution in [0, 0.1) is 17.0 Å². The van der Waals surface area contributed by atoms with Crippen LogP contribution in [0.2, 0.25) is 0 Å². The number of benzene rings is 1. The summed E-state index contributed by atoms with van der Waals surface area (Å²) in [4.78, 5) is 29.9. The SMILES string of the molecule is Cc1ccc(-c2ccc(/C=N\N(C)c3nc(N4CCCCC4)nc(N4CCCCC4)n3)o2)c([N+](=O)[O-])c1. The van der Waals surface area contributed by atoms with Gasteiger partial charge in [0.05, 0.1) is 16.7 Å². The third kappa shape index (κ3) is 5.71. The molecule has 2 saturated heterocycles. The van der Waals surface area contributed by atoms with Crippen molar-refractivity contribution in [3.8, 4) is 11.3 Å². The Kier molecular flexibility index (Phi) is 7.29. The highest BCUT2D eigenvalue weighted by atomic mass is 16.6. The average Bonchev–Trinajstić information content (AvgIpc) is 3.41. The van der Waals surface area contributed by atoms with Crippen LogP contribution in [0.15, 0.2) is 39.9 Å². The predicted octanol–water partition coefficient (Wildman–Crippen LogP) is 4.80. The topological polar surface area (TPSA) is 117 Å². The quantitative estimate of drug-likeness (QED) is 0.254. The van der Waals surface area contributed by atoms with E-state index >= 15 is 0 Å². The molecule has 0 aliphatic carbocycles.